The van der Waals surface area contributed by atoms with E-state index in [9.17, 15) is 0 Å². The smallest absolute Gasteiger partial charge is 0.0273 e. The highest BCUT2D eigenvalue weighted by Gasteiger charge is 2.43. The molecule has 3 heteroatoms. The average molecular weight is 253 g/mol. The van der Waals surface area contributed by atoms with E-state index in [4.69, 9.17) is 5.73 Å². The summed E-state index contributed by atoms with van der Waals surface area (Å²) in [7, 11) is 1.87. The lowest BCUT2D eigenvalue weighted by Gasteiger charge is -2.36. The van der Waals surface area contributed by atoms with Gasteiger partial charge in [0.15, 0.2) is 0 Å². The largest absolute Gasteiger partial charge is 0.330 e. The summed E-state index contributed by atoms with van der Waals surface area (Å²) in [5.41, 5.74) is 6.17. The van der Waals surface area contributed by atoms with E-state index in [1.807, 2.05) is 7.05 Å². The van der Waals surface area contributed by atoms with Crippen LogP contribution in [0.25, 0.3) is 0 Å². The molecule has 0 saturated carbocycles. The standard InChI is InChI=1S/C15H31N3/c1-7-14-12(8-16)10(2)13(9-17-6)11(3)15(4,5)18-14/h9-14,18H,7-8,16H2,1-6H3/b17-9-/t10-,11?,12?,13-,14-/m0/s1. The van der Waals surface area contributed by atoms with Gasteiger partial charge in [-0.05, 0) is 44.6 Å². The molecule has 1 aliphatic rings. The van der Waals surface area contributed by atoms with Crippen LogP contribution in [0.15, 0.2) is 4.99 Å². The minimum Gasteiger partial charge on any atom is -0.330 e. The van der Waals surface area contributed by atoms with Crippen LogP contribution in [0.2, 0.25) is 0 Å². The normalized spacial score (nSPS) is 40.9. The van der Waals surface area contributed by atoms with Gasteiger partial charge in [-0.1, -0.05) is 20.8 Å². The quantitative estimate of drug-likeness (QED) is 0.758. The van der Waals surface area contributed by atoms with Gasteiger partial charge in [-0.25, -0.2) is 0 Å². The summed E-state index contributed by atoms with van der Waals surface area (Å²) in [5, 5.41) is 3.83. The Labute approximate surface area is 113 Å². The fourth-order valence-corrected chi connectivity index (χ4v) is 3.53. The lowest BCUT2D eigenvalue weighted by atomic mass is 9.72. The molecule has 1 saturated heterocycles. The Morgan fingerprint density at radius 2 is 1.94 bits per heavy atom. The van der Waals surface area contributed by atoms with Crippen molar-refractivity contribution >= 4 is 6.21 Å². The third-order valence-electron chi connectivity index (χ3n) is 5.11. The van der Waals surface area contributed by atoms with Crippen LogP contribution in [0.3, 0.4) is 0 Å². The molecular formula is C15H31N3. The highest BCUT2D eigenvalue weighted by atomic mass is 15.0. The molecule has 1 aliphatic heterocycles. The number of nitrogens with zero attached hydrogens (tertiary/aromatic N) is 1. The Morgan fingerprint density at radius 1 is 1.33 bits per heavy atom. The lowest BCUT2D eigenvalue weighted by Crippen LogP contribution is -2.51. The third-order valence-corrected chi connectivity index (χ3v) is 5.11. The van der Waals surface area contributed by atoms with Crippen molar-refractivity contribution in [2.45, 2.75) is 52.6 Å². The zero-order valence-electron chi connectivity index (χ0n) is 12.9. The fourth-order valence-electron chi connectivity index (χ4n) is 3.53. The van der Waals surface area contributed by atoms with Crippen LogP contribution in [-0.2, 0) is 0 Å². The summed E-state index contributed by atoms with van der Waals surface area (Å²) in [6, 6.07) is 0.512. The SMILES string of the molecule is CC[C@@H]1NC(C)(C)C(C)[C@@H](/C=N\C)[C@@H](C)C1CN. The number of hydrogen-bond acceptors (Lipinski definition) is 3. The third kappa shape index (κ3) is 2.94. The zero-order chi connectivity index (χ0) is 13.9. The molecule has 0 amide bonds. The molecule has 18 heavy (non-hydrogen) atoms. The first-order chi connectivity index (χ1) is 8.38. The molecule has 1 rings (SSSR count). The van der Waals surface area contributed by atoms with Gasteiger partial charge in [0.25, 0.3) is 0 Å². The summed E-state index contributed by atoms with van der Waals surface area (Å²) >= 11 is 0. The van der Waals surface area contributed by atoms with Gasteiger partial charge < -0.3 is 16.0 Å². The Kier molecular flexibility index (Phi) is 5.35. The second-order valence-corrected chi connectivity index (χ2v) is 6.41. The molecule has 1 fully saturated rings. The van der Waals surface area contributed by atoms with E-state index in [1.54, 1.807) is 0 Å². The van der Waals surface area contributed by atoms with Crippen molar-refractivity contribution in [3.05, 3.63) is 0 Å². The maximum Gasteiger partial charge on any atom is 0.0273 e. The van der Waals surface area contributed by atoms with Crippen molar-refractivity contribution in [2.24, 2.45) is 34.4 Å². The van der Waals surface area contributed by atoms with Gasteiger partial charge in [-0.15, -0.1) is 0 Å². The lowest BCUT2D eigenvalue weighted by molar-refractivity contribution is 0.224. The second-order valence-electron chi connectivity index (χ2n) is 6.41. The first-order valence-corrected chi connectivity index (χ1v) is 7.29. The average Bonchev–Trinajstić information content (AvgIpc) is 2.39. The van der Waals surface area contributed by atoms with Crippen LogP contribution in [0, 0.1) is 23.7 Å². The molecule has 1 heterocycles. The molecule has 0 radical (unpaired) electrons. The van der Waals surface area contributed by atoms with Crippen LogP contribution in [0.5, 0.6) is 0 Å². The van der Waals surface area contributed by atoms with E-state index in [1.165, 1.54) is 0 Å². The van der Waals surface area contributed by atoms with Crippen molar-refractivity contribution in [2.75, 3.05) is 13.6 Å². The van der Waals surface area contributed by atoms with Crippen LogP contribution < -0.4 is 11.1 Å². The first kappa shape index (κ1) is 15.6. The van der Waals surface area contributed by atoms with Gasteiger partial charge in [0.2, 0.25) is 0 Å². The summed E-state index contributed by atoms with van der Waals surface area (Å²) in [6.07, 6.45) is 3.28. The molecule has 0 aromatic heterocycles. The van der Waals surface area contributed by atoms with E-state index in [-0.39, 0.29) is 5.54 Å². The summed E-state index contributed by atoms with van der Waals surface area (Å²) in [6.45, 7) is 12.3. The minimum atomic E-state index is 0.130. The molecule has 5 atom stereocenters. The maximum absolute atomic E-state index is 6.04. The number of aliphatic imine (C=N–C) groups is 1. The molecule has 3 nitrogen and oxygen atoms in total. The molecule has 0 aliphatic carbocycles. The molecule has 2 unspecified atom stereocenters. The van der Waals surface area contributed by atoms with Gasteiger partial charge in [0.05, 0.1) is 0 Å². The van der Waals surface area contributed by atoms with Crippen molar-refractivity contribution in [1.82, 2.24) is 5.32 Å². The molecule has 0 aromatic carbocycles. The molecule has 3 N–H and O–H groups in total. The highest BCUT2D eigenvalue weighted by Crippen LogP contribution is 2.38. The molecule has 0 bridgehead atoms. The summed E-state index contributed by atoms with van der Waals surface area (Å²) in [4.78, 5) is 4.29. The van der Waals surface area contributed by atoms with Crippen molar-refractivity contribution in [3.63, 3.8) is 0 Å². The topological polar surface area (TPSA) is 50.4 Å². The first-order valence-electron chi connectivity index (χ1n) is 7.29. The van der Waals surface area contributed by atoms with Crippen LogP contribution in [0.1, 0.15) is 41.0 Å². The predicted molar refractivity (Wildman–Crippen MR) is 80.1 cm³/mol. The Balaban J connectivity index is 3.13. The van der Waals surface area contributed by atoms with Gasteiger partial charge in [0, 0.05) is 30.8 Å². The van der Waals surface area contributed by atoms with Crippen LogP contribution in [0.4, 0.5) is 0 Å². The van der Waals surface area contributed by atoms with E-state index in [0.717, 1.165) is 13.0 Å². The van der Waals surface area contributed by atoms with E-state index in [0.29, 0.717) is 29.7 Å². The molecule has 0 aromatic rings. The summed E-state index contributed by atoms with van der Waals surface area (Å²) < 4.78 is 0. The second kappa shape index (κ2) is 6.16. The molecule has 0 spiro atoms. The van der Waals surface area contributed by atoms with Crippen molar-refractivity contribution in [1.29, 1.82) is 0 Å². The van der Waals surface area contributed by atoms with Gasteiger partial charge in [-0.2, -0.15) is 0 Å². The van der Waals surface area contributed by atoms with Crippen LogP contribution >= 0.6 is 0 Å². The van der Waals surface area contributed by atoms with E-state index in [2.05, 4.69) is 51.1 Å². The Morgan fingerprint density at radius 3 is 2.39 bits per heavy atom. The summed E-state index contributed by atoms with van der Waals surface area (Å²) in [5.74, 6) is 2.17. The minimum absolute atomic E-state index is 0.130. The number of rotatable bonds is 3. The van der Waals surface area contributed by atoms with Crippen molar-refractivity contribution < 1.29 is 0 Å². The Hall–Kier alpha value is -0.410. The number of hydrogen-bond donors (Lipinski definition) is 2. The van der Waals surface area contributed by atoms with Gasteiger partial charge in [0.1, 0.15) is 0 Å². The van der Waals surface area contributed by atoms with E-state index >= 15 is 0 Å². The van der Waals surface area contributed by atoms with Crippen molar-refractivity contribution in [3.8, 4) is 0 Å². The highest BCUT2D eigenvalue weighted by molar-refractivity contribution is 5.62. The number of nitrogens with two attached hydrogens (primary N) is 1. The molecule has 106 valence electrons. The fraction of sp³-hybridized carbons (Fsp3) is 0.933. The maximum atomic E-state index is 6.04. The van der Waals surface area contributed by atoms with Crippen LogP contribution in [-0.4, -0.2) is 31.4 Å². The van der Waals surface area contributed by atoms with E-state index < -0.39 is 0 Å². The van der Waals surface area contributed by atoms with Gasteiger partial charge >= 0.3 is 0 Å². The predicted octanol–water partition coefficient (Wildman–Crippen LogP) is 2.31. The molecular weight excluding hydrogens is 222 g/mol. The van der Waals surface area contributed by atoms with Gasteiger partial charge in [-0.3, -0.25) is 0 Å². The monoisotopic (exact) mass is 253 g/mol. The zero-order valence-corrected chi connectivity index (χ0v) is 12.9. The number of nitrogens with one attached hydrogen (secondary N) is 1. The Bertz CT molecular complexity index is 285.